The molecule has 21 heavy (non-hydrogen) atoms. The minimum Gasteiger partial charge on any atom is -0.368 e. The predicted octanol–water partition coefficient (Wildman–Crippen LogP) is 0.217. The third-order valence-corrected chi connectivity index (χ3v) is 6.64. The summed E-state index contributed by atoms with van der Waals surface area (Å²) < 4.78 is 11.4. The first-order valence-corrected chi connectivity index (χ1v) is 9.74. The molecule has 2 aliphatic carbocycles. The van der Waals surface area contributed by atoms with Crippen molar-refractivity contribution in [3.8, 4) is 0 Å². The maximum atomic E-state index is 12.1. The van der Waals surface area contributed by atoms with Gasteiger partial charge in [-0.3, -0.25) is 9.00 Å². The number of nitrogens with zero attached hydrogens (tertiary/aromatic N) is 1. The van der Waals surface area contributed by atoms with Crippen LogP contribution in [-0.2, 0) is 15.6 Å². The number of hydrogen-bond acceptors (Lipinski definition) is 4. The first kappa shape index (κ1) is 15.4. The van der Waals surface area contributed by atoms with Crippen LogP contribution in [0.4, 0.5) is 0 Å². The van der Waals surface area contributed by atoms with E-state index in [0.717, 1.165) is 56.8 Å². The summed E-state index contributed by atoms with van der Waals surface area (Å²) in [6.45, 7) is 2.86. The lowest BCUT2D eigenvalue weighted by Crippen LogP contribution is -2.59. The average Bonchev–Trinajstić information content (AvgIpc) is 3.17. The van der Waals surface area contributed by atoms with E-state index in [1.165, 1.54) is 12.8 Å². The topological polar surface area (TPSA) is 75.4 Å². The van der Waals surface area contributed by atoms with Crippen LogP contribution in [-0.4, -0.2) is 57.7 Å². The Morgan fingerprint density at radius 3 is 2.62 bits per heavy atom. The molecular weight excluding hydrogens is 286 g/mol. The third-order valence-electron chi connectivity index (χ3n) is 5.36. The number of nitrogens with two attached hydrogens (primary N) is 1. The monoisotopic (exact) mass is 313 g/mol. The van der Waals surface area contributed by atoms with Crippen molar-refractivity contribution in [3.05, 3.63) is 0 Å². The van der Waals surface area contributed by atoms with E-state index >= 15 is 0 Å². The molecule has 3 aliphatic rings. The number of rotatable bonds is 6. The molecule has 2 atom stereocenters. The smallest absolute Gasteiger partial charge is 0.238 e. The highest BCUT2D eigenvalue weighted by atomic mass is 32.2. The lowest BCUT2D eigenvalue weighted by molar-refractivity contribution is -0.126. The number of carbonyl (C=O) groups excluding carboxylic acids is 1. The van der Waals surface area contributed by atoms with Crippen LogP contribution in [0.25, 0.3) is 0 Å². The van der Waals surface area contributed by atoms with Gasteiger partial charge < -0.3 is 16.0 Å². The standard InChI is InChI=1S/C15H27N3O2S/c16-14(19)15(17-13-3-4-13)6-1-2-12(15)5-7-18-8-10-21(20)11-9-18/h12-13,17H,1-11H2,(H2,16,19). The first-order valence-electron chi connectivity index (χ1n) is 8.25. The van der Waals surface area contributed by atoms with Gasteiger partial charge in [0.15, 0.2) is 0 Å². The summed E-state index contributed by atoms with van der Waals surface area (Å²) in [6.07, 6.45) is 6.47. The molecule has 3 fully saturated rings. The fourth-order valence-corrected chi connectivity index (χ4v) is 5.01. The second-order valence-corrected chi connectivity index (χ2v) is 8.52. The zero-order valence-electron chi connectivity index (χ0n) is 12.7. The highest BCUT2D eigenvalue weighted by Crippen LogP contribution is 2.40. The minimum atomic E-state index is -0.617. The molecule has 0 spiro atoms. The summed E-state index contributed by atoms with van der Waals surface area (Å²) in [6, 6.07) is 0.510. The fraction of sp³-hybridized carbons (Fsp3) is 0.933. The van der Waals surface area contributed by atoms with Crippen molar-refractivity contribution in [2.75, 3.05) is 31.1 Å². The molecule has 0 aromatic carbocycles. The number of nitrogens with one attached hydrogen (secondary N) is 1. The second kappa shape index (κ2) is 6.34. The Morgan fingerprint density at radius 1 is 1.29 bits per heavy atom. The number of carbonyl (C=O) groups is 1. The van der Waals surface area contributed by atoms with Crippen LogP contribution in [0.2, 0.25) is 0 Å². The highest BCUT2D eigenvalue weighted by Gasteiger charge is 2.49. The van der Waals surface area contributed by atoms with E-state index in [4.69, 9.17) is 5.73 Å². The molecule has 5 nitrogen and oxygen atoms in total. The Bertz CT molecular complexity index is 417. The maximum absolute atomic E-state index is 12.1. The van der Waals surface area contributed by atoms with Gasteiger partial charge in [0, 0.05) is 41.4 Å². The van der Waals surface area contributed by atoms with Gasteiger partial charge in [0.25, 0.3) is 0 Å². The first-order chi connectivity index (χ1) is 10.1. The number of primary amides is 1. The van der Waals surface area contributed by atoms with Gasteiger partial charge in [-0.15, -0.1) is 0 Å². The zero-order valence-corrected chi connectivity index (χ0v) is 13.5. The van der Waals surface area contributed by atoms with Gasteiger partial charge in [0.2, 0.25) is 5.91 Å². The molecular formula is C15H27N3O2S. The van der Waals surface area contributed by atoms with Gasteiger partial charge in [-0.2, -0.15) is 0 Å². The Balaban J connectivity index is 1.57. The van der Waals surface area contributed by atoms with Gasteiger partial charge in [0.05, 0.1) is 0 Å². The summed E-state index contributed by atoms with van der Waals surface area (Å²) in [5.41, 5.74) is 5.31. The lowest BCUT2D eigenvalue weighted by Gasteiger charge is -2.35. The molecule has 1 amide bonds. The molecule has 3 N–H and O–H groups in total. The summed E-state index contributed by atoms with van der Waals surface area (Å²) >= 11 is 0. The van der Waals surface area contributed by atoms with Crippen LogP contribution in [0.5, 0.6) is 0 Å². The molecule has 0 bridgehead atoms. The van der Waals surface area contributed by atoms with Crippen LogP contribution in [0.15, 0.2) is 0 Å². The SMILES string of the molecule is NC(=O)C1(NC2CC2)CCCC1CCN1CCS(=O)CC1. The van der Waals surface area contributed by atoms with Crippen LogP contribution in [0.3, 0.4) is 0 Å². The summed E-state index contributed by atoms with van der Waals surface area (Å²) in [5.74, 6) is 1.80. The molecule has 2 saturated carbocycles. The van der Waals surface area contributed by atoms with Crippen molar-refractivity contribution in [2.45, 2.75) is 50.1 Å². The largest absolute Gasteiger partial charge is 0.368 e. The zero-order chi connectivity index (χ0) is 14.9. The normalized spacial score (nSPS) is 35.1. The van der Waals surface area contributed by atoms with Crippen molar-refractivity contribution in [3.63, 3.8) is 0 Å². The number of amides is 1. The summed E-state index contributed by atoms with van der Waals surface area (Å²) in [5, 5.41) is 3.57. The summed E-state index contributed by atoms with van der Waals surface area (Å²) in [7, 11) is -0.617. The maximum Gasteiger partial charge on any atom is 0.238 e. The molecule has 1 heterocycles. The van der Waals surface area contributed by atoms with Gasteiger partial charge in [-0.05, 0) is 44.6 Å². The van der Waals surface area contributed by atoms with Crippen molar-refractivity contribution < 1.29 is 9.00 Å². The van der Waals surface area contributed by atoms with Crippen LogP contribution in [0, 0.1) is 5.92 Å². The molecule has 2 unspecified atom stereocenters. The quantitative estimate of drug-likeness (QED) is 0.735. The molecule has 0 aromatic heterocycles. The van der Waals surface area contributed by atoms with Crippen molar-refractivity contribution in [1.82, 2.24) is 10.2 Å². The van der Waals surface area contributed by atoms with Gasteiger partial charge in [-0.25, -0.2) is 0 Å². The van der Waals surface area contributed by atoms with Crippen LogP contribution >= 0.6 is 0 Å². The molecule has 0 radical (unpaired) electrons. The van der Waals surface area contributed by atoms with E-state index in [9.17, 15) is 9.00 Å². The van der Waals surface area contributed by atoms with Crippen molar-refractivity contribution >= 4 is 16.7 Å². The average molecular weight is 313 g/mol. The van der Waals surface area contributed by atoms with Crippen LogP contribution in [0.1, 0.15) is 38.5 Å². The fourth-order valence-electron chi connectivity index (χ4n) is 3.88. The van der Waals surface area contributed by atoms with Gasteiger partial charge in [0.1, 0.15) is 5.54 Å². The van der Waals surface area contributed by atoms with Crippen molar-refractivity contribution in [2.24, 2.45) is 11.7 Å². The highest BCUT2D eigenvalue weighted by molar-refractivity contribution is 7.85. The minimum absolute atomic E-state index is 0.156. The van der Waals surface area contributed by atoms with Gasteiger partial charge in [-0.1, -0.05) is 6.42 Å². The second-order valence-electron chi connectivity index (χ2n) is 6.82. The van der Waals surface area contributed by atoms with E-state index in [-0.39, 0.29) is 5.91 Å². The molecule has 6 heteroatoms. The lowest BCUT2D eigenvalue weighted by atomic mass is 9.83. The molecule has 1 saturated heterocycles. The Morgan fingerprint density at radius 2 is 2.00 bits per heavy atom. The van der Waals surface area contributed by atoms with E-state index in [0.29, 0.717) is 12.0 Å². The molecule has 1 aliphatic heterocycles. The number of hydrogen-bond donors (Lipinski definition) is 2. The predicted molar refractivity (Wildman–Crippen MR) is 84.4 cm³/mol. The molecule has 0 aromatic rings. The van der Waals surface area contributed by atoms with E-state index in [1.807, 2.05) is 0 Å². The molecule has 3 rings (SSSR count). The molecule has 120 valence electrons. The van der Waals surface area contributed by atoms with E-state index in [2.05, 4.69) is 10.2 Å². The van der Waals surface area contributed by atoms with Gasteiger partial charge >= 0.3 is 0 Å². The third kappa shape index (κ3) is 3.48. The van der Waals surface area contributed by atoms with Crippen LogP contribution < -0.4 is 11.1 Å². The van der Waals surface area contributed by atoms with E-state index < -0.39 is 16.3 Å². The van der Waals surface area contributed by atoms with Crippen molar-refractivity contribution in [1.29, 1.82) is 0 Å². The Hall–Kier alpha value is -0.460. The summed E-state index contributed by atoms with van der Waals surface area (Å²) in [4.78, 5) is 14.5. The Kier molecular flexibility index (Phi) is 4.66. The Labute approximate surface area is 129 Å². The van der Waals surface area contributed by atoms with E-state index in [1.54, 1.807) is 0 Å².